The molecule has 0 bridgehead atoms. The first-order valence-corrected chi connectivity index (χ1v) is 8.81. The van der Waals surface area contributed by atoms with Gasteiger partial charge in [-0.2, -0.15) is 0 Å². The summed E-state index contributed by atoms with van der Waals surface area (Å²) in [6.45, 7) is 5.40. The van der Waals surface area contributed by atoms with Crippen LogP contribution in [0.3, 0.4) is 0 Å². The predicted molar refractivity (Wildman–Crippen MR) is 95.6 cm³/mol. The summed E-state index contributed by atoms with van der Waals surface area (Å²) in [4.78, 5) is 4.15. The Bertz CT molecular complexity index is 645. The zero-order valence-electron chi connectivity index (χ0n) is 14.3. The second-order valence-electron chi connectivity index (χ2n) is 7.50. The van der Waals surface area contributed by atoms with Crippen LogP contribution in [0, 0.1) is 11.3 Å². The standard InChI is InChI=1S/C20H28N2O/c1-15(2)12-20(14-21)8-5-18(6-9-20)23-19-4-3-17-13-22-10-7-16(17)11-19/h3-4,7,10-11,13,15,18H,5-6,8-9,12,14,21H2,1-2H3. The minimum atomic E-state index is 0.320. The average Bonchev–Trinajstić information content (AvgIpc) is 2.56. The van der Waals surface area contributed by atoms with Crippen molar-refractivity contribution in [1.82, 2.24) is 4.98 Å². The summed E-state index contributed by atoms with van der Waals surface area (Å²) in [6.07, 6.45) is 9.86. The number of aromatic nitrogens is 1. The molecule has 1 aromatic heterocycles. The first-order valence-electron chi connectivity index (χ1n) is 8.81. The van der Waals surface area contributed by atoms with Gasteiger partial charge in [0.05, 0.1) is 6.10 Å². The zero-order chi connectivity index (χ0) is 16.3. The van der Waals surface area contributed by atoms with Gasteiger partial charge in [0.15, 0.2) is 0 Å². The third kappa shape index (κ3) is 3.84. The summed E-state index contributed by atoms with van der Waals surface area (Å²) in [7, 11) is 0. The number of rotatable bonds is 5. The van der Waals surface area contributed by atoms with E-state index in [1.807, 2.05) is 18.5 Å². The first kappa shape index (κ1) is 16.3. The van der Waals surface area contributed by atoms with Gasteiger partial charge in [-0.3, -0.25) is 4.98 Å². The van der Waals surface area contributed by atoms with Crippen molar-refractivity contribution >= 4 is 10.8 Å². The quantitative estimate of drug-likeness (QED) is 0.881. The Morgan fingerprint density at radius 3 is 2.70 bits per heavy atom. The highest BCUT2D eigenvalue weighted by Crippen LogP contribution is 2.41. The number of pyridine rings is 1. The maximum Gasteiger partial charge on any atom is 0.120 e. The highest BCUT2D eigenvalue weighted by atomic mass is 16.5. The Morgan fingerprint density at radius 2 is 2.00 bits per heavy atom. The molecule has 0 atom stereocenters. The molecule has 124 valence electrons. The van der Waals surface area contributed by atoms with Crippen LogP contribution in [-0.2, 0) is 0 Å². The third-order valence-corrected chi connectivity index (χ3v) is 5.18. The molecule has 1 aliphatic carbocycles. The Labute approximate surface area is 139 Å². The van der Waals surface area contributed by atoms with Gasteiger partial charge < -0.3 is 10.5 Å². The van der Waals surface area contributed by atoms with Crippen molar-refractivity contribution in [2.24, 2.45) is 17.1 Å². The molecule has 3 heteroatoms. The van der Waals surface area contributed by atoms with Crippen LogP contribution in [0.4, 0.5) is 0 Å². The molecule has 3 rings (SSSR count). The number of benzene rings is 1. The Balaban J connectivity index is 1.63. The molecule has 1 saturated carbocycles. The SMILES string of the molecule is CC(C)CC1(CN)CCC(Oc2ccc3cnccc3c2)CC1. The van der Waals surface area contributed by atoms with E-state index in [2.05, 4.69) is 37.0 Å². The van der Waals surface area contributed by atoms with E-state index in [9.17, 15) is 0 Å². The second kappa shape index (κ2) is 6.88. The van der Waals surface area contributed by atoms with Gasteiger partial charge in [0.25, 0.3) is 0 Å². The van der Waals surface area contributed by atoms with Crippen LogP contribution in [0.5, 0.6) is 5.75 Å². The molecule has 1 aliphatic rings. The van der Waals surface area contributed by atoms with Gasteiger partial charge in [-0.1, -0.05) is 13.8 Å². The fourth-order valence-electron chi connectivity index (χ4n) is 4.01. The van der Waals surface area contributed by atoms with Crippen molar-refractivity contribution in [1.29, 1.82) is 0 Å². The Kier molecular flexibility index (Phi) is 4.86. The molecule has 1 fully saturated rings. The van der Waals surface area contributed by atoms with E-state index in [1.54, 1.807) is 0 Å². The van der Waals surface area contributed by atoms with E-state index in [1.165, 1.54) is 24.6 Å². The topological polar surface area (TPSA) is 48.1 Å². The van der Waals surface area contributed by atoms with E-state index < -0.39 is 0 Å². The van der Waals surface area contributed by atoms with Crippen LogP contribution in [0.1, 0.15) is 46.0 Å². The van der Waals surface area contributed by atoms with Crippen LogP contribution in [-0.4, -0.2) is 17.6 Å². The van der Waals surface area contributed by atoms with E-state index >= 15 is 0 Å². The van der Waals surface area contributed by atoms with E-state index in [0.717, 1.165) is 30.5 Å². The Hall–Kier alpha value is -1.61. The summed E-state index contributed by atoms with van der Waals surface area (Å²) in [5.41, 5.74) is 6.44. The number of hydrogen-bond donors (Lipinski definition) is 1. The zero-order valence-corrected chi connectivity index (χ0v) is 14.3. The van der Waals surface area contributed by atoms with E-state index in [-0.39, 0.29) is 0 Å². The van der Waals surface area contributed by atoms with Crippen molar-refractivity contribution in [3.05, 3.63) is 36.7 Å². The van der Waals surface area contributed by atoms with Crippen LogP contribution in [0.2, 0.25) is 0 Å². The van der Waals surface area contributed by atoms with E-state index in [0.29, 0.717) is 17.4 Å². The van der Waals surface area contributed by atoms with Crippen LogP contribution >= 0.6 is 0 Å². The summed E-state index contributed by atoms with van der Waals surface area (Å²) >= 11 is 0. The number of nitrogens with two attached hydrogens (primary N) is 1. The normalized spacial score (nSPS) is 25.0. The van der Waals surface area contributed by atoms with Gasteiger partial charge in [-0.05, 0) is 79.6 Å². The largest absolute Gasteiger partial charge is 0.490 e. The first-order chi connectivity index (χ1) is 11.1. The van der Waals surface area contributed by atoms with Gasteiger partial charge in [0.2, 0.25) is 0 Å². The van der Waals surface area contributed by atoms with Gasteiger partial charge >= 0.3 is 0 Å². The number of ether oxygens (including phenoxy) is 1. The molecule has 1 aromatic carbocycles. The molecule has 0 radical (unpaired) electrons. The number of hydrogen-bond acceptors (Lipinski definition) is 3. The molecule has 3 nitrogen and oxygen atoms in total. The van der Waals surface area contributed by atoms with Crippen molar-refractivity contribution in [2.45, 2.75) is 52.1 Å². The van der Waals surface area contributed by atoms with Crippen molar-refractivity contribution in [3.8, 4) is 5.75 Å². The van der Waals surface area contributed by atoms with Crippen molar-refractivity contribution in [3.63, 3.8) is 0 Å². The molecular weight excluding hydrogens is 284 g/mol. The van der Waals surface area contributed by atoms with Crippen molar-refractivity contribution < 1.29 is 4.74 Å². The predicted octanol–water partition coefficient (Wildman–Crippen LogP) is 4.55. The summed E-state index contributed by atoms with van der Waals surface area (Å²) in [5.74, 6) is 1.68. The molecule has 23 heavy (non-hydrogen) atoms. The lowest BCUT2D eigenvalue weighted by Crippen LogP contribution is -2.38. The lowest BCUT2D eigenvalue weighted by molar-refractivity contribution is 0.0696. The highest BCUT2D eigenvalue weighted by molar-refractivity contribution is 5.82. The molecule has 0 spiro atoms. The molecule has 2 aromatic rings. The highest BCUT2D eigenvalue weighted by Gasteiger charge is 2.35. The summed E-state index contributed by atoms with van der Waals surface area (Å²) in [6, 6.07) is 8.30. The average molecular weight is 312 g/mol. The van der Waals surface area contributed by atoms with Gasteiger partial charge in [-0.15, -0.1) is 0 Å². The van der Waals surface area contributed by atoms with Gasteiger partial charge in [0.1, 0.15) is 5.75 Å². The molecule has 0 saturated heterocycles. The Morgan fingerprint density at radius 1 is 1.22 bits per heavy atom. The maximum absolute atomic E-state index is 6.24. The number of fused-ring (bicyclic) bond motifs is 1. The lowest BCUT2D eigenvalue weighted by atomic mass is 9.69. The summed E-state index contributed by atoms with van der Waals surface area (Å²) < 4.78 is 6.24. The van der Waals surface area contributed by atoms with Crippen LogP contribution in [0.25, 0.3) is 10.8 Å². The molecule has 0 amide bonds. The molecule has 1 heterocycles. The molecular formula is C20H28N2O. The number of nitrogens with zero attached hydrogens (tertiary/aromatic N) is 1. The maximum atomic E-state index is 6.24. The third-order valence-electron chi connectivity index (χ3n) is 5.18. The summed E-state index contributed by atoms with van der Waals surface area (Å²) in [5, 5.41) is 2.34. The molecule has 2 N–H and O–H groups in total. The smallest absolute Gasteiger partial charge is 0.120 e. The van der Waals surface area contributed by atoms with Crippen molar-refractivity contribution in [2.75, 3.05) is 6.54 Å². The van der Waals surface area contributed by atoms with Gasteiger partial charge in [-0.25, -0.2) is 0 Å². The minimum absolute atomic E-state index is 0.320. The molecule has 0 aliphatic heterocycles. The van der Waals surface area contributed by atoms with E-state index in [4.69, 9.17) is 10.5 Å². The monoisotopic (exact) mass is 312 g/mol. The lowest BCUT2D eigenvalue weighted by Gasteiger charge is -2.40. The molecule has 0 unspecified atom stereocenters. The van der Waals surface area contributed by atoms with Gasteiger partial charge in [0, 0.05) is 17.8 Å². The van der Waals surface area contributed by atoms with Crippen LogP contribution < -0.4 is 10.5 Å². The second-order valence-corrected chi connectivity index (χ2v) is 7.50. The fourth-order valence-corrected chi connectivity index (χ4v) is 4.01. The minimum Gasteiger partial charge on any atom is -0.490 e. The van der Waals surface area contributed by atoms with Crippen LogP contribution in [0.15, 0.2) is 36.7 Å². The fraction of sp³-hybridized carbons (Fsp3) is 0.550.